The van der Waals surface area contributed by atoms with E-state index in [0.717, 1.165) is 29.6 Å². The number of carbonyl (C=O) groups is 1. The number of hydrogen-bond acceptors (Lipinski definition) is 3. The zero-order chi connectivity index (χ0) is 12.1. The van der Waals surface area contributed by atoms with Crippen LogP contribution in [0.4, 0.5) is 0 Å². The Labute approximate surface area is 100 Å². The molecule has 86 valence electrons. The third-order valence-electron chi connectivity index (χ3n) is 2.52. The molecule has 3 heteroatoms. The number of methoxy groups -OCH3 is 1. The van der Waals surface area contributed by atoms with E-state index in [0.29, 0.717) is 5.56 Å². The molecule has 1 aromatic carbocycles. The molecule has 0 radical (unpaired) electrons. The first-order valence-corrected chi connectivity index (χ1v) is 5.34. The van der Waals surface area contributed by atoms with Gasteiger partial charge < -0.3 is 4.74 Å². The summed E-state index contributed by atoms with van der Waals surface area (Å²) in [5, 5.41) is 0. The molecule has 0 bridgehead atoms. The van der Waals surface area contributed by atoms with Crippen LogP contribution < -0.4 is 4.74 Å². The largest absolute Gasteiger partial charge is 0.497 e. The molecule has 0 amide bonds. The fourth-order valence-electron chi connectivity index (χ4n) is 1.65. The van der Waals surface area contributed by atoms with E-state index >= 15 is 0 Å². The van der Waals surface area contributed by atoms with Crippen molar-refractivity contribution in [2.45, 2.75) is 6.42 Å². The topological polar surface area (TPSA) is 39.2 Å². The van der Waals surface area contributed by atoms with Crippen molar-refractivity contribution in [2.24, 2.45) is 0 Å². The van der Waals surface area contributed by atoms with Crippen LogP contribution in [0.1, 0.15) is 21.5 Å². The van der Waals surface area contributed by atoms with Crippen molar-refractivity contribution >= 4 is 6.29 Å². The van der Waals surface area contributed by atoms with E-state index in [1.165, 1.54) is 0 Å². The third-order valence-corrected chi connectivity index (χ3v) is 2.52. The number of pyridine rings is 1. The molecule has 2 aromatic rings. The van der Waals surface area contributed by atoms with Crippen molar-refractivity contribution < 1.29 is 9.53 Å². The van der Waals surface area contributed by atoms with Crippen molar-refractivity contribution in [3.05, 3.63) is 59.4 Å². The molecular formula is C14H13NO2. The molecule has 0 aliphatic carbocycles. The summed E-state index contributed by atoms with van der Waals surface area (Å²) in [6.45, 7) is 0. The van der Waals surface area contributed by atoms with Crippen LogP contribution in [0.25, 0.3) is 0 Å². The minimum atomic E-state index is 0.607. The van der Waals surface area contributed by atoms with E-state index in [9.17, 15) is 4.79 Å². The number of hydrogen-bond donors (Lipinski definition) is 0. The molecule has 0 atom stereocenters. The Balaban J connectivity index is 2.16. The molecular weight excluding hydrogens is 214 g/mol. The SMILES string of the molecule is COc1ccc(Cc2cncc(C=O)c2)cc1. The molecule has 0 N–H and O–H groups in total. The second-order valence-electron chi connectivity index (χ2n) is 3.77. The molecule has 1 aromatic heterocycles. The summed E-state index contributed by atoms with van der Waals surface area (Å²) in [7, 11) is 1.65. The highest BCUT2D eigenvalue weighted by Crippen LogP contribution is 2.14. The van der Waals surface area contributed by atoms with Crippen LogP contribution in [-0.2, 0) is 6.42 Å². The predicted molar refractivity (Wildman–Crippen MR) is 65.4 cm³/mol. The monoisotopic (exact) mass is 227 g/mol. The summed E-state index contributed by atoms with van der Waals surface area (Å²) in [6, 6.07) is 9.71. The van der Waals surface area contributed by atoms with Crippen LogP contribution >= 0.6 is 0 Å². The minimum Gasteiger partial charge on any atom is -0.497 e. The van der Waals surface area contributed by atoms with E-state index in [1.807, 2.05) is 30.3 Å². The highest BCUT2D eigenvalue weighted by Gasteiger charge is 1.99. The van der Waals surface area contributed by atoms with Crippen molar-refractivity contribution in [3.63, 3.8) is 0 Å². The van der Waals surface area contributed by atoms with Crippen LogP contribution in [0.5, 0.6) is 5.75 Å². The van der Waals surface area contributed by atoms with Gasteiger partial charge in [-0.25, -0.2) is 0 Å². The number of ether oxygens (including phenoxy) is 1. The van der Waals surface area contributed by atoms with Gasteiger partial charge in [-0.1, -0.05) is 12.1 Å². The normalized spacial score (nSPS) is 9.94. The molecule has 17 heavy (non-hydrogen) atoms. The Bertz CT molecular complexity index is 506. The Morgan fingerprint density at radius 3 is 2.59 bits per heavy atom. The van der Waals surface area contributed by atoms with Crippen LogP contribution in [-0.4, -0.2) is 18.4 Å². The summed E-state index contributed by atoms with van der Waals surface area (Å²) < 4.78 is 5.10. The Hall–Kier alpha value is -2.16. The van der Waals surface area contributed by atoms with Crippen molar-refractivity contribution in [1.82, 2.24) is 4.98 Å². The summed E-state index contributed by atoms with van der Waals surface area (Å²) in [4.78, 5) is 14.7. The number of nitrogens with zero attached hydrogens (tertiary/aromatic N) is 1. The van der Waals surface area contributed by atoms with Crippen molar-refractivity contribution in [3.8, 4) is 5.75 Å². The van der Waals surface area contributed by atoms with Gasteiger partial charge in [0, 0.05) is 18.0 Å². The van der Waals surface area contributed by atoms with Gasteiger partial charge in [0.1, 0.15) is 5.75 Å². The highest BCUT2D eigenvalue weighted by molar-refractivity contribution is 5.74. The maximum Gasteiger partial charge on any atom is 0.151 e. The van der Waals surface area contributed by atoms with Crippen LogP contribution in [0.2, 0.25) is 0 Å². The predicted octanol–water partition coefficient (Wildman–Crippen LogP) is 2.49. The van der Waals surface area contributed by atoms with E-state index in [1.54, 1.807) is 19.5 Å². The van der Waals surface area contributed by atoms with Gasteiger partial charge in [0.25, 0.3) is 0 Å². The zero-order valence-electron chi connectivity index (χ0n) is 9.59. The van der Waals surface area contributed by atoms with Gasteiger partial charge in [-0.2, -0.15) is 0 Å². The maximum absolute atomic E-state index is 10.6. The number of carbonyl (C=O) groups excluding carboxylic acids is 1. The molecule has 2 rings (SSSR count). The molecule has 0 saturated carbocycles. The highest BCUT2D eigenvalue weighted by atomic mass is 16.5. The Kier molecular flexibility index (Phi) is 3.50. The molecule has 0 saturated heterocycles. The van der Waals surface area contributed by atoms with Gasteiger partial charge in [-0.15, -0.1) is 0 Å². The lowest BCUT2D eigenvalue weighted by atomic mass is 10.1. The van der Waals surface area contributed by atoms with Gasteiger partial charge in [-0.05, 0) is 35.7 Å². The van der Waals surface area contributed by atoms with Crippen LogP contribution in [0.3, 0.4) is 0 Å². The first-order chi connectivity index (χ1) is 8.31. The number of aldehydes is 1. The molecule has 0 aliphatic heterocycles. The Morgan fingerprint density at radius 1 is 1.18 bits per heavy atom. The van der Waals surface area contributed by atoms with E-state index in [2.05, 4.69) is 4.98 Å². The van der Waals surface area contributed by atoms with Crippen LogP contribution in [0, 0.1) is 0 Å². The van der Waals surface area contributed by atoms with Gasteiger partial charge in [0.2, 0.25) is 0 Å². The fourth-order valence-corrected chi connectivity index (χ4v) is 1.65. The maximum atomic E-state index is 10.6. The van der Waals surface area contributed by atoms with E-state index < -0.39 is 0 Å². The van der Waals surface area contributed by atoms with Crippen LogP contribution in [0.15, 0.2) is 42.7 Å². The second-order valence-corrected chi connectivity index (χ2v) is 3.77. The molecule has 3 nitrogen and oxygen atoms in total. The molecule has 0 aliphatic rings. The first kappa shape index (κ1) is 11.3. The van der Waals surface area contributed by atoms with E-state index in [-0.39, 0.29) is 0 Å². The van der Waals surface area contributed by atoms with Gasteiger partial charge in [0.05, 0.1) is 7.11 Å². The summed E-state index contributed by atoms with van der Waals surface area (Å²) in [5.74, 6) is 0.841. The number of benzene rings is 1. The lowest BCUT2D eigenvalue weighted by Gasteiger charge is -2.04. The van der Waals surface area contributed by atoms with E-state index in [4.69, 9.17) is 4.74 Å². The quantitative estimate of drug-likeness (QED) is 0.753. The third kappa shape index (κ3) is 2.91. The zero-order valence-corrected chi connectivity index (χ0v) is 9.59. The number of aromatic nitrogens is 1. The standard InChI is InChI=1S/C14H13NO2/c1-17-14-4-2-11(3-5-14)6-12-7-13(10-16)9-15-8-12/h2-5,7-10H,6H2,1H3. The smallest absolute Gasteiger partial charge is 0.151 e. The minimum absolute atomic E-state index is 0.607. The summed E-state index contributed by atoms with van der Waals surface area (Å²) in [6.07, 6.45) is 4.91. The van der Waals surface area contributed by atoms with Crippen molar-refractivity contribution in [2.75, 3.05) is 7.11 Å². The first-order valence-electron chi connectivity index (χ1n) is 5.34. The summed E-state index contributed by atoms with van der Waals surface area (Å²) >= 11 is 0. The average molecular weight is 227 g/mol. The molecule has 1 heterocycles. The lowest BCUT2D eigenvalue weighted by molar-refractivity contribution is 0.112. The molecule has 0 spiro atoms. The van der Waals surface area contributed by atoms with Gasteiger partial charge >= 0.3 is 0 Å². The number of rotatable bonds is 4. The van der Waals surface area contributed by atoms with Gasteiger partial charge in [0.15, 0.2) is 6.29 Å². The van der Waals surface area contributed by atoms with Gasteiger partial charge in [-0.3, -0.25) is 9.78 Å². The summed E-state index contributed by atoms with van der Waals surface area (Å²) in [5.41, 5.74) is 2.80. The Morgan fingerprint density at radius 2 is 1.94 bits per heavy atom. The molecule has 0 fully saturated rings. The second kappa shape index (κ2) is 5.25. The average Bonchev–Trinajstić information content (AvgIpc) is 2.40. The lowest BCUT2D eigenvalue weighted by Crippen LogP contribution is -1.92. The molecule has 0 unspecified atom stereocenters. The van der Waals surface area contributed by atoms with Crippen molar-refractivity contribution in [1.29, 1.82) is 0 Å². The fraction of sp³-hybridized carbons (Fsp3) is 0.143.